The summed E-state index contributed by atoms with van der Waals surface area (Å²) in [6.45, 7) is 6.20. The zero-order chi connectivity index (χ0) is 15.4. The van der Waals surface area contributed by atoms with Gasteiger partial charge in [-0.2, -0.15) is 0 Å². The zero-order valence-corrected chi connectivity index (χ0v) is 14.0. The molecule has 2 N–H and O–H groups in total. The summed E-state index contributed by atoms with van der Waals surface area (Å²) >= 11 is 11.3. The monoisotopic (exact) mass is 318 g/mol. The normalized spacial score (nSPS) is 11.8. The zero-order valence-electron chi connectivity index (χ0n) is 12.4. The first-order valence-electron chi connectivity index (χ1n) is 6.86. The Bertz CT molecular complexity index is 638. The van der Waals surface area contributed by atoms with Gasteiger partial charge in [0.25, 0.3) is 0 Å². The maximum Gasteiger partial charge on any atom is 0.171 e. The molecule has 0 fully saturated rings. The summed E-state index contributed by atoms with van der Waals surface area (Å²) in [6.07, 6.45) is 0. The number of hydrogen-bond donors (Lipinski definition) is 2. The Morgan fingerprint density at radius 1 is 1.10 bits per heavy atom. The Morgan fingerprint density at radius 2 is 1.76 bits per heavy atom. The Morgan fingerprint density at radius 3 is 2.43 bits per heavy atom. The molecule has 4 heteroatoms. The molecule has 0 aliphatic heterocycles. The number of halogens is 1. The minimum atomic E-state index is 0.118. The van der Waals surface area contributed by atoms with Crippen molar-refractivity contribution in [1.82, 2.24) is 5.32 Å². The van der Waals surface area contributed by atoms with E-state index in [1.54, 1.807) is 0 Å². The van der Waals surface area contributed by atoms with Gasteiger partial charge in [-0.25, -0.2) is 0 Å². The molecule has 0 heterocycles. The first-order chi connectivity index (χ1) is 9.95. The molecule has 2 aromatic rings. The van der Waals surface area contributed by atoms with Gasteiger partial charge in [-0.15, -0.1) is 0 Å². The summed E-state index contributed by atoms with van der Waals surface area (Å²) in [4.78, 5) is 0. The van der Waals surface area contributed by atoms with Crippen molar-refractivity contribution in [2.24, 2.45) is 0 Å². The molecule has 2 aromatic carbocycles. The Balaban J connectivity index is 2.01. The van der Waals surface area contributed by atoms with Crippen molar-refractivity contribution in [3.63, 3.8) is 0 Å². The molecule has 2 rings (SSSR count). The van der Waals surface area contributed by atoms with Gasteiger partial charge in [0.15, 0.2) is 5.11 Å². The van der Waals surface area contributed by atoms with Gasteiger partial charge in [-0.05, 0) is 67.9 Å². The summed E-state index contributed by atoms with van der Waals surface area (Å²) in [5, 5.41) is 7.90. The van der Waals surface area contributed by atoms with Gasteiger partial charge < -0.3 is 10.6 Å². The largest absolute Gasteiger partial charge is 0.356 e. The molecule has 0 saturated heterocycles. The third-order valence-electron chi connectivity index (χ3n) is 3.36. The fraction of sp³-hybridized carbons (Fsp3) is 0.235. The molecule has 2 nitrogen and oxygen atoms in total. The second-order valence-electron chi connectivity index (χ2n) is 5.19. The van der Waals surface area contributed by atoms with E-state index in [9.17, 15) is 0 Å². The van der Waals surface area contributed by atoms with Crippen molar-refractivity contribution in [3.8, 4) is 0 Å². The van der Waals surface area contributed by atoms with Crippen molar-refractivity contribution >= 4 is 34.6 Å². The molecular formula is C17H19ClN2S. The number of anilines is 1. The quantitative estimate of drug-likeness (QED) is 0.778. The summed E-state index contributed by atoms with van der Waals surface area (Å²) < 4.78 is 0. The Hall–Kier alpha value is -1.58. The standard InChI is InChI=1S/C17H19ClN2S/c1-11-4-5-12(2)16(10-11)20-17(21)19-13(3)14-6-8-15(18)9-7-14/h4-10,13H,1-3H3,(H2,19,20,21)/t13-/m0/s1. The lowest BCUT2D eigenvalue weighted by Gasteiger charge is -2.18. The fourth-order valence-electron chi connectivity index (χ4n) is 2.06. The molecular weight excluding hydrogens is 300 g/mol. The van der Waals surface area contributed by atoms with Crippen molar-refractivity contribution < 1.29 is 0 Å². The molecule has 1 atom stereocenters. The van der Waals surface area contributed by atoms with Crippen LogP contribution in [0.25, 0.3) is 0 Å². The first-order valence-corrected chi connectivity index (χ1v) is 7.64. The van der Waals surface area contributed by atoms with E-state index in [4.69, 9.17) is 23.8 Å². The van der Waals surface area contributed by atoms with Gasteiger partial charge in [0.05, 0.1) is 6.04 Å². The van der Waals surface area contributed by atoms with Gasteiger partial charge in [-0.1, -0.05) is 35.9 Å². The van der Waals surface area contributed by atoms with Crippen molar-refractivity contribution in [2.75, 3.05) is 5.32 Å². The molecule has 0 aliphatic rings. The molecule has 0 amide bonds. The highest BCUT2D eigenvalue weighted by molar-refractivity contribution is 7.80. The van der Waals surface area contributed by atoms with Crippen LogP contribution in [0.4, 0.5) is 5.69 Å². The van der Waals surface area contributed by atoms with Gasteiger partial charge in [0.1, 0.15) is 0 Å². The molecule has 0 spiro atoms. The van der Waals surface area contributed by atoms with E-state index in [1.807, 2.05) is 24.3 Å². The van der Waals surface area contributed by atoms with Gasteiger partial charge >= 0.3 is 0 Å². The van der Waals surface area contributed by atoms with Crippen LogP contribution >= 0.6 is 23.8 Å². The highest BCUT2D eigenvalue weighted by atomic mass is 35.5. The first kappa shape index (κ1) is 15.8. The van der Waals surface area contributed by atoms with Crippen LogP contribution in [0.5, 0.6) is 0 Å². The average Bonchev–Trinajstić information content (AvgIpc) is 2.43. The lowest BCUT2D eigenvalue weighted by molar-refractivity contribution is 0.722. The fourth-order valence-corrected chi connectivity index (χ4v) is 2.47. The minimum Gasteiger partial charge on any atom is -0.356 e. The molecule has 0 aliphatic carbocycles. The number of thiocarbonyl (C=S) groups is 1. The van der Waals surface area contributed by atoms with E-state index in [0.717, 1.165) is 16.3 Å². The summed E-state index contributed by atoms with van der Waals surface area (Å²) in [7, 11) is 0. The minimum absolute atomic E-state index is 0.118. The van der Waals surface area contributed by atoms with Crippen LogP contribution in [0.2, 0.25) is 5.02 Å². The van der Waals surface area contributed by atoms with Crippen LogP contribution in [0.15, 0.2) is 42.5 Å². The van der Waals surface area contributed by atoms with Crippen LogP contribution in [0, 0.1) is 13.8 Å². The topological polar surface area (TPSA) is 24.1 Å². The maximum absolute atomic E-state index is 5.90. The van der Waals surface area contributed by atoms with Crippen LogP contribution in [0.1, 0.15) is 29.7 Å². The van der Waals surface area contributed by atoms with Crippen LogP contribution in [-0.4, -0.2) is 5.11 Å². The van der Waals surface area contributed by atoms with E-state index in [2.05, 4.69) is 49.6 Å². The number of aryl methyl sites for hydroxylation is 2. The molecule has 0 unspecified atom stereocenters. The second-order valence-corrected chi connectivity index (χ2v) is 6.03. The van der Waals surface area contributed by atoms with Gasteiger partial charge in [0.2, 0.25) is 0 Å². The molecule has 110 valence electrons. The molecule has 21 heavy (non-hydrogen) atoms. The highest BCUT2D eigenvalue weighted by Gasteiger charge is 2.08. The molecule has 0 aromatic heterocycles. The molecule has 0 saturated carbocycles. The van der Waals surface area contributed by atoms with E-state index >= 15 is 0 Å². The van der Waals surface area contributed by atoms with Gasteiger partial charge in [-0.3, -0.25) is 0 Å². The number of hydrogen-bond acceptors (Lipinski definition) is 1. The second kappa shape index (κ2) is 6.92. The Kier molecular flexibility index (Phi) is 5.21. The van der Waals surface area contributed by atoms with Crippen molar-refractivity contribution in [3.05, 3.63) is 64.2 Å². The summed E-state index contributed by atoms with van der Waals surface area (Å²) in [5.74, 6) is 0. The SMILES string of the molecule is Cc1ccc(C)c(NC(=S)N[C@@H](C)c2ccc(Cl)cc2)c1. The van der Waals surface area contributed by atoms with Crippen LogP contribution < -0.4 is 10.6 Å². The summed E-state index contributed by atoms with van der Waals surface area (Å²) in [6, 6.07) is 14.2. The lowest BCUT2D eigenvalue weighted by Crippen LogP contribution is -2.31. The summed E-state index contributed by atoms with van der Waals surface area (Å²) in [5.41, 5.74) is 4.56. The number of rotatable bonds is 3. The van der Waals surface area contributed by atoms with Crippen molar-refractivity contribution in [2.45, 2.75) is 26.8 Å². The van der Waals surface area contributed by atoms with Crippen molar-refractivity contribution in [1.29, 1.82) is 0 Å². The van der Waals surface area contributed by atoms with E-state index in [-0.39, 0.29) is 6.04 Å². The predicted octanol–water partition coefficient (Wildman–Crippen LogP) is 5.00. The third-order valence-corrected chi connectivity index (χ3v) is 3.83. The predicted molar refractivity (Wildman–Crippen MR) is 95.1 cm³/mol. The number of benzene rings is 2. The number of nitrogens with one attached hydrogen (secondary N) is 2. The van der Waals surface area contributed by atoms with Gasteiger partial charge in [0, 0.05) is 10.7 Å². The maximum atomic E-state index is 5.90. The lowest BCUT2D eigenvalue weighted by atomic mass is 10.1. The van der Waals surface area contributed by atoms with E-state index in [1.165, 1.54) is 11.1 Å². The molecule has 0 bridgehead atoms. The Labute approximate surface area is 136 Å². The molecule has 0 radical (unpaired) electrons. The highest BCUT2D eigenvalue weighted by Crippen LogP contribution is 2.18. The van der Waals surface area contributed by atoms with Crippen LogP contribution in [-0.2, 0) is 0 Å². The smallest absolute Gasteiger partial charge is 0.171 e. The van der Waals surface area contributed by atoms with E-state index in [0.29, 0.717) is 5.11 Å². The third kappa shape index (κ3) is 4.45. The van der Waals surface area contributed by atoms with Crippen LogP contribution in [0.3, 0.4) is 0 Å². The van der Waals surface area contributed by atoms with E-state index < -0.39 is 0 Å². The average molecular weight is 319 g/mol.